The van der Waals surface area contributed by atoms with Gasteiger partial charge in [0.15, 0.2) is 0 Å². The minimum Gasteiger partial charge on any atom is -0.497 e. The number of esters is 1. The van der Waals surface area contributed by atoms with Crippen LogP contribution in [0, 0.1) is 5.92 Å². The molecule has 0 aliphatic carbocycles. The maximum Gasteiger partial charge on any atom is 0.310 e. The molecule has 3 aliphatic heterocycles. The highest BCUT2D eigenvalue weighted by Crippen LogP contribution is 2.30. The van der Waals surface area contributed by atoms with Crippen LogP contribution in [0.1, 0.15) is 45.1 Å². The summed E-state index contributed by atoms with van der Waals surface area (Å²) in [5.74, 6) is 1.73. The lowest BCUT2D eigenvalue weighted by atomic mass is 9.94. The minimum atomic E-state index is -0.0597. The summed E-state index contributed by atoms with van der Waals surface area (Å²) < 4.78 is 16.7. The molecule has 2 atom stereocenters. The first kappa shape index (κ1) is 24.8. The summed E-state index contributed by atoms with van der Waals surface area (Å²) in [6.45, 7) is 9.51. The molecule has 0 N–H and O–H groups in total. The fourth-order valence-corrected chi connectivity index (χ4v) is 5.51. The van der Waals surface area contributed by atoms with Gasteiger partial charge in [0.2, 0.25) is 5.91 Å². The summed E-state index contributed by atoms with van der Waals surface area (Å²) >= 11 is 0. The van der Waals surface area contributed by atoms with Crippen LogP contribution in [-0.2, 0) is 20.9 Å². The Morgan fingerprint density at radius 1 is 1.12 bits per heavy atom. The van der Waals surface area contributed by atoms with E-state index in [2.05, 4.69) is 9.80 Å². The molecule has 8 nitrogen and oxygen atoms in total. The van der Waals surface area contributed by atoms with Gasteiger partial charge in [-0.3, -0.25) is 19.4 Å². The molecule has 0 aromatic heterocycles. The van der Waals surface area contributed by atoms with E-state index >= 15 is 0 Å². The van der Waals surface area contributed by atoms with Gasteiger partial charge in [-0.05, 0) is 52.1 Å². The first-order valence-corrected chi connectivity index (χ1v) is 12.7. The molecule has 188 valence electrons. The first-order valence-electron chi connectivity index (χ1n) is 12.7. The van der Waals surface area contributed by atoms with Gasteiger partial charge in [0, 0.05) is 50.4 Å². The largest absolute Gasteiger partial charge is 0.497 e. The fourth-order valence-electron chi connectivity index (χ4n) is 5.51. The Morgan fingerprint density at radius 2 is 1.91 bits per heavy atom. The zero-order chi connectivity index (χ0) is 24.1. The number of amides is 1. The number of rotatable bonds is 6. The van der Waals surface area contributed by atoms with Gasteiger partial charge in [-0.15, -0.1) is 0 Å². The third kappa shape index (κ3) is 6.02. The van der Waals surface area contributed by atoms with E-state index in [0.717, 1.165) is 68.9 Å². The quantitative estimate of drug-likeness (QED) is 0.588. The molecular formula is C26H39N3O5. The van der Waals surface area contributed by atoms with Crippen LogP contribution in [-0.4, -0.2) is 91.7 Å². The Morgan fingerprint density at radius 3 is 2.65 bits per heavy atom. The zero-order valence-electron chi connectivity index (χ0n) is 20.8. The summed E-state index contributed by atoms with van der Waals surface area (Å²) in [6.07, 6.45) is 3.87. The molecule has 4 rings (SSSR count). The van der Waals surface area contributed by atoms with Gasteiger partial charge in [0.25, 0.3) is 0 Å². The Hall–Kier alpha value is -2.32. The van der Waals surface area contributed by atoms with Gasteiger partial charge in [-0.25, -0.2) is 0 Å². The van der Waals surface area contributed by atoms with Crippen LogP contribution in [0.15, 0.2) is 18.2 Å². The number of piperidine rings is 2. The first-order chi connectivity index (χ1) is 16.5. The number of carbonyl (C=O) groups is 2. The van der Waals surface area contributed by atoms with Gasteiger partial charge in [0.05, 0.1) is 26.2 Å². The van der Waals surface area contributed by atoms with E-state index in [1.165, 1.54) is 0 Å². The van der Waals surface area contributed by atoms with Crippen molar-refractivity contribution in [3.05, 3.63) is 23.8 Å². The summed E-state index contributed by atoms with van der Waals surface area (Å²) in [4.78, 5) is 32.0. The molecule has 0 bridgehead atoms. The number of ether oxygens (including phenoxy) is 3. The molecule has 1 amide bonds. The number of carbonyl (C=O) groups excluding carboxylic acids is 2. The molecule has 34 heavy (non-hydrogen) atoms. The molecule has 1 aromatic rings. The van der Waals surface area contributed by atoms with E-state index in [9.17, 15) is 9.59 Å². The number of nitrogens with zero attached hydrogens (tertiary/aromatic N) is 3. The molecule has 0 unspecified atom stereocenters. The normalized spacial score (nSPS) is 24.6. The van der Waals surface area contributed by atoms with Crippen LogP contribution >= 0.6 is 0 Å². The van der Waals surface area contributed by atoms with Gasteiger partial charge >= 0.3 is 5.97 Å². The standard InChI is InChI=1S/C26H39N3O5/c1-4-33-26(31)21-6-5-11-29(17-21)22-9-12-28(13-10-22)25(30)18-27-15-19(2)34-24-14-23(32-3)8-7-20(24)16-27/h7-8,14,19,21-22H,4-6,9-13,15-18H2,1-3H3/t19-,21+/m0/s1. The highest BCUT2D eigenvalue weighted by atomic mass is 16.5. The number of fused-ring (bicyclic) bond motifs is 1. The van der Waals surface area contributed by atoms with E-state index in [1.54, 1.807) is 7.11 Å². The van der Waals surface area contributed by atoms with Crippen LogP contribution < -0.4 is 9.47 Å². The highest BCUT2D eigenvalue weighted by Gasteiger charge is 2.33. The zero-order valence-corrected chi connectivity index (χ0v) is 20.8. The average molecular weight is 474 g/mol. The van der Waals surface area contributed by atoms with E-state index < -0.39 is 0 Å². The minimum absolute atomic E-state index is 0.00154. The van der Waals surface area contributed by atoms with Crippen molar-refractivity contribution < 1.29 is 23.8 Å². The number of hydrogen-bond acceptors (Lipinski definition) is 7. The predicted octanol–water partition coefficient (Wildman–Crippen LogP) is 2.54. The molecule has 8 heteroatoms. The number of likely N-dealkylation sites (tertiary alicyclic amines) is 2. The fraction of sp³-hybridized carbons (Fsp3) is 0.692. The van der Waals surface area contributed by atoms with Crippen LogP contribution in [0.2, 0.25) is 0 Å². The third-order valence-corrected chi connectivity index (χ3v) is 7.28. The predicted molar refractivity (Wildman–Crippen MR) is 129 cm³/mol. The van der Waals surface area contributed by atoms with E-state index in [0.29, 0.717) is 32.3 Å². The van der Waals surface area contributed by atoms with Crippen LogP contribution in [0.25, 0.3) is 0 Å². The third-order valence-electron chi connectivity index (χ3n) is 7.28. The maximum atomic E-state index is 13.1. The lowest BCUT2D eigenvalue weighted by molar-refractivity contribution is -0.150. The molecule has 0 saturated carbocycles. The van der Waals surface area contributed by atoms with Gasteiger partial charge in [-0.2, -0.15) is 0 Å². The maximum absolute atomic E-state index is 13.1. The summed E-state index contributed by atoms with van der Waals surface area (Å²) in [5, 5.41) is 0. The molecule has 3 heterocycles. The second kappa shape index (κ2) is 11.4. The van der Waals surface area contributed by atoms with E-state index in [1.807, 2.05) is 36.9 Å². The smallest absolute Gasteiger partial charge is 0.310 e. The molecule has 0 radical (unpaired) electrons. The van der Waals surface area contributed by atoms with Crippen molar-refractivity contribution in [2.24, 2.45) is 5.92 Å². The van der Waals surface area contributed by atoms with Crippen molar-refractivity contribution in [2.45, 2.75) is 58.2 Å². The van der Waals surface area contributed by atoms with E-state index in [-0.39, 0.29) is 23.9 Å². The molecule has 1 aromatic carbocycles. The Labute approximate surface area is 203 Å². The van der Waals surface area contributed by atoms with Crippen LogP contribution in [0.3, 0.4) is 0 Å². The number of benzene rings is 1. The van der Waals surface area contributed by atoms with E-state index in [4.69, 9.17) is 14.2 Å². The summed E-state index contributed by atoms with van der Waals surface area (Å²) in [7, 11) is 1.65. The topological polar surface area (TPSA) is 71.6 Å². The van der Waals surface area contributed by atoms with Gasteiger partial charge in [0.1, 0.15) is 17.6 Å². The van der Waals surface area contributed by atoms with Crippen LogP contribution in [0.5, 0.6) is 11.5 Å². The van der Waals surface area contributed by atoms with Crippen molar-refractivity contribution in [1.82, 2.24) is 14.7 Å². The van der Waals surface area contributed by atoms with Crippen molar-refractivity contribution in [1.29, 1.82) is 0 Å². The Bertz CT molecular complexity index is 855. The van der Waals surface area contributed by atoms with Gasteiger partial charge < -0.3 is 19.1 Å². The molecule has 0 spiro atoms. The van der Waals surface area contributed by atoms with Crippen molar-refractivity contribution >= 4 is 11.9 Å². The lowest BCUT2D eigenvalue weighted by Crippen LogP contribution is -2.52. The highest BCUT2D eigenvalue weighted by molar-refractivity contribution is 5.78. The Balaban J connectivity index is 1.28. The number of methoxy groups -OCH3 is 1. The van der Waals surface area contributed by atoms with Crippen LogP contribution in [0.4, 0.5) is 0 Å². The van der Waals surface area contributed by atoms with Crippen molar-refractivity contribution in [2.75, 3.05) is 53.0 Å². The van der Waals surface area contributed by atoms with Gasteiger partial charge in [-0.1, -0.05) is 6.07 Å². The molecule has 3 aliphatic rings. The second-order valence-electron chi connectivity index (χ2n) is 9.77. The Kier molecular flexibility index (Phi) is 8.32. The average Bonchev–Trinajstić information content (AvgIpc) is 3.00. The number of hydrogen-bond donors (Lipinski definition) is 0. The van der Waals surface area contributed by atoms with Crippen molar-refractivity contribution in [3.8, 4) is 11.5 Å². The SMILES string of the molecule is CCOC(=O)[C@@H]1CCCN(C2CCN(C(=O)CN3Cc4ccc(OC)cc4O[C@@H](C)C3)CC2)C1. The lowest BCUT2D eigenvalue weighted by Gasteiger charge is -2.42. The summed E-state index contributed by atoms with van der Waals surface area (Å²) in [6, 6.07) is 6.33. The molecule has 2 saturated heterocycles. The monoisotopic (exact) mass is 473 g/mol. The second-order valence-corrected chi connectivity index (χ2v) is 9.77. The van der Waals surface area contributed by atoms with Crippen molar-refractivity contribution in [3.63, 3.8) is 0 Å². The molecular weight excluding hydrogens is 434 g/mol. The summed E-state index contributed by atoms with van der Waals surface area (Å²) in [5.41, 5.74) is 1.08. The molecule has 2 fully saturated rings.